The van der Waals surface area contributed by atoms with E-state index in [0.29, 0.717) is 34.3 Å². The Bertz CT molecular complexity index is 1400. The van der Waals surface area contributed by atoms with E-state index in [1.807, 2.05) is 49.4 Å². The highest BCUT2D eigenvalue weighted by atomic mass is 35.5. The summed E-state index contributed by atoms with van der Waals surface area (Å²) in [5, 5.41) is 11.2. The number of ether oxygens (including phenoxy) is 2. The molecule has 1 N–H and O–H groups in total. The predicted molar refractivity (Wildman–Crippen MR) is 130 cm³/mol. The second-order valence-corrected chi connectivity index (χ2v) is 7.93. The third-order valence-electron chi connectivity index (χ3n) is 5.29. The maximum absolute atomic E-state index is 13.2. The second-order valence-electron chi connectivity index (χ2n) is 7.49. The van der Waals surface area contributed by atoms with Crippen LogP contribution in [0.1, 0.15) is 27.2 Å². The van der Waals surface area contributed by atoms with Gasteiger partial charge in [0.2, 0.25) is 5.78 Å². The van der Waals surface area contributed by atoms with Crippen molar-refractivity contribution in [1.82, 2.24) is 4.98 Å². The van der Waals surface area contributed by atoms with Crippen LogP contribution in [0.4, 0.5) is 0 Å². The van der Waals surface area contributed by atoms with Crippen molar-refractivity contribution >= 4 is 34.4 Å². The molecule has 0 aliphatic rings. The van der Waals surface area contributed by atoms with Crippen molar-refractivity contribution in [2.75, 3.05) is 7.11 Å². The molecule has 1 heterocycles. The zero-order chi connectivity index (χ0) is 23.4. The van der Waals surface area contributed by atoms with Crippen LogP contribution in [0.3, 0.4) is 0 Å². The minimum absolute atomic E-state index is 0.0414. The van der Waals surface area contributed by atoms with E-state index in [1.165, 1.54) is 0 Å². The fraction of sp³-hybridized carbons (Fsp3) is 0.111. The molecule has 0 aliphatic carbocycles. The average molecular weight is 457 g/mol. The van der Waals surface area contributed by atoms with E-state index in [4.69, 9.17) is 21.1 Å². The molecular formula is C27H21ClN2O3. The molecule has 3 aromatic carbocycles. The van der Waals surface area contributed by atoms with E-state index in [-0.39, 0.29) is 11.4 Å². The van der Waals surface area contributed by atoms with Gasteiger partial charge in [-0.15, -0.1) is 0 Å². The number of para-hydroxylation sites is 1. The Morgan fingerprint density at radius 2 is 1.85 bits per heavy atom. The molecule has 0 atom stereocenters. The lowest BCUT2D eigenvalue weighted by Crippen LogP contribution is -2.03. The number of nitrogens with one attached hydrogen (secondary N) is 1. The van der Waals surface area contributed by atoms with Gasteiger partial charge in [0.1, 0.15) is 18.2 Å². The fourth-order valence-electron chi connectivity index (χ4n) is 3.65. The van der Waals surface area contributed by atoms with Crippen LogP contribution in [0.2, 0.25) is 5.02 Å². The SMILES string of the molecule is COc1cc(/C=C(\C#N)C(=O)c2c(C)[nH]c3ccccc23)ccc1OCc1ccc(Cl)cc1. The lowest BCUT2D eigenvalue weighted by molar-refractivity contribution is 0.104. The number of hydrogen-bond acceptors (Lipinski definition) is 4. The van der Waals surface area contributed by atoms with Gasteiger partial charge in [-0.2, -0.15) is 5.26 Å². The maximum atomic E-state index is 13.2. The summed E-state index contributed by atoms with van der Waals surface area (Å²) in [4.78, 5) is 16.4. The van der Waals surface area contributed by atoms with Crippen molar-refractivity contribution in [2.45, 2.75) is 13.5 Å². The number of ketones is 1. The minimum Gasteiger partial charge on any atom is -0.493 e. The highest BCUT2D eigenvalue weighted by Gasteiger charge is 2.20. The first-order valence-corrected chi connectivity index (χ1v) is 10.7. The number of H-pyrrole nitrogens is 1. The molecule has 0 saturated carbocycles. The van der Waals surface area contributed by atoms with Crippen molar-refractivity contribution in [3.8, 4) is 17.6 Å². The summed E-state index contributed by atoms with van der Waals surface area (Å²) < 4.78 is 11.4. The smallest absolute Gasteiger partial charge is 0.205 e. The van der Waals surface area contributed by atoms with E-state index in [2.05, 4.69) is 4.98 Å². The molecule has 1 aromatic heterocycles. The molecule has 0 radical (unpaired) electrons. The van der Waals surface area contributed by atoms with Gasteiger partial charge in [-0.25, -0.2) is 0 Å². The highest BCUT2D eigenvalue weighted by Crippen LogP contribution is 2.31. The molecule has 4 rings (SSSR count). The number of Topliss-reactive ketones (excluding diaryl/α,β-unsaturated/α-hetero) is 1. The van der Waals surface area contributed by atoms with Gasteiger partial charge in [0.05, 0.1) is 12.7 Å². The Morgan fingerprint density at radius 1 is 1.09 bits per heavy atom. The van der Waals surface area contributed by atoms with Crippen molar-refractivity contribution in [1.29, 1.82) is 5.26 Å². The monoisotopic (exact) mass is 456 g/mol. The standard InChI is InChI=1S/C27H21ClN2O3/c1-17-26(22-5-3-4-6-23(22)30-17)27(31)20(15-29)13-19-9-12-24(25(14-19)32-2)33-16-18-7-10-21(28)11-8-18/h3-14,30H,16H2,1-2H3/b20-13+. The zero-order valence-electron chi connectivity index (χ0n) is 18.2. The number of aromatic amines is 1. The lowest BCUT2D eigenvalue weighted by atomic mass is 9.99. The number of halogens is 1. The predicted octanol–water partition coefficient (Wildman–Crippen LogP) is 6.51. The van der Waals surface area contributed by atoms with E-state index in [9.17, 15) is 10.1 Å². The maximum Gasteiger partial charge on any atom is 0.205 e. The van der Waals surface area contributed by atoms with Gasteiger partial charge < -0.3 is 14.5 Å². The second kappa shape index (κ2) is 9.64. The van der Waals surface area contributed by atoms with Gasteiger partial charge >= 0.3 is 0 Å². The Hall–Kier alpha value is -4.01. The molecule has 33 heavy (non-hydrogen) atoms. The van der Waals surface area contributed by atoms with Crippen molar-refractivity contribution in [3.05, 3.63) is 99.7 Å². The third-order valence-corrected chi connectivity index (χ3v) is 5.54. The average Bonchev–Trinajstić information content (AvgIpc) is 3.17. The van der Waals surface area contributed by atoms with E-state index in [0.717, 1.165) is 22.2 Å². The summed E-state index contributed by atoms with van der Waals surface area (Å²) in [7, 11) is 1.55. The van der Waals surface area contributed by atoms with Crippen molar-refractivity contribution in [2.24, 2.45) is 0 Å². The Balaban J connectivity index is 1.60. The molecule has 6 heteroatoms. The number of fused-ring (bicyclic) bond motifs is 1. The molecule has 0 aliphatic heterocycles. The number of rotatable bonds is 7. The minimum atomic E-state index is -0.325. The number of benzene rings is 3. The van der Waals surface area contributed by atoms with Gasteiger partial charge in [-0.05, 0) is 54.5 Å². The molecule has 0 spiro atoms. The number of nitrogens with zero attached hydrogens (tertiary/aromatic N) is 1. The Morgan fingerprint density at radius 3 is 2.58 bits per heavy atom. The van der Waals surface area contributed by atoms with Crippen LogP contribution >= 0.6 is 11.6 Å². The molecule has 5 nitrogen and oxygen atoms in total. The van der Waals surface area contributed by atoms with Crippen LogP contribution in [0, 0.1) is 18.3 Å². The van der Waals surface area contributed by atoms with Gasteiger partial charge in [0.15, 0.2) is 11.5 Å². The lowest BCUT2D eigenvalue weighted by Gasteiger charge is -2.12. The molecule has 4 aromatic rings. The van der Waals surface area contributed by atoms with Crippen LogP contribution in [-0.4, -0.2) is 17.9 Å². The molecular weight excluding hydrogens is 436 g/mol. The summed E-state index contributed by atoms with van der Waals surface area (Å²) in [6, 6.07) is 22.3. The first-order chi connectivity index (χ1) is 16.0. The van der Waals surface area contributed by atoms with Gasteiger partial charge in [-0.3, -0.25) is 4.79 Å². The van der Waals surface area contributed by atoms with Gasteiger partial charge in [0, 0.05) is 21.6 Å². The number of aryl methyl sites for hydroxylation is 1. The number of aromatic nitrogens is 1. The number of carbonyl (C=O) groups excluding carboxylic acids is 1. The van der Waals surface area contributed by atoms with Gasteiger partial charge in [-0.1, -0.05) is 48.0 Å². The number of nitriles is 1. The number of methoxy groups -OCH3 is 1. The topological polar surface area (TPSA) is 75.1 Å². The first kappa shape index (κ1) is 22.2. The summed E-state index contributed by atoms with van der Waals surface area (Å²) in [6.07, 6.45) is 1.56. The highest BCUT2D eigenvalue weighted by molar-refractivity contribution is 6.30. The van der Waals surface area contributed by atoms with Crippen LogP contribution < -0.4 is 9.47 Å². The summed E-state index contributed by atoms with van der Waals surface area (Å²) >= 11 is 5.92. The quantitative estimate of drug-likeness (QED) is 0.195. The molecule has 0 bridgehead atoms. The van der Waals surface area contributed by atoms with E-state index < -0.39 is 0 Å². The third kappa shape index (κ3) is 4.77. The largest absolute Gasteiger partial charge is 0.493 e. The van der Waals surface area contributed by atoms with E-state index >= 15 is 0 Å². The summed E-state index contributed by atoms with van der Waals surface area (Å²) in [6.45, 7) is 2.18. The van der Waals surface area contributed by atoms with Crippen LogP contribution in [0.5, 0.6) is 11.5 Å². The molecule has 0 amide bonds. The molecule has 164 valence electrons. The Kier molecular flexibility index (Phi) is 6.48. The fourth-order valence-corrected chi connectivity index (χ4v) is 3.78. The normalized spacial score (nSPS) is 11.3. The summed E-state index contributed by atoms with van der Waals surface area (Å²) in [5.74, 6) is 0.738. The Labute approximate surface area is 196 Å². The van der Waals surface area contributed by atoms with E-state index in [1.54, 1.807) is 43.5 Å². The molecule has 0 saturated heterocycles. The molecule has 0 unspecified atom stereocenters. The number of hydrogen-bond donors (Lipinski definition) is 1. The van der Waals surface area contributed by atoms with Gasteiger partial charge in [0.25, 0.3) is 0 Å². The zero-order valence-corrected chi connectivity index (χ0v) is 18.9. The van der Waals surface area contributed by atoms with Crippen LogP contribution in [0.25, 0.3) is 17.0 Å². The number of carbonyl (C=O) groups is 1. The van der Waals surface area contributed by atoms with Crippen LogP contribution in [0.15, 0.2) is 72.3 Å². The number of allylic oxidation sites excluding steroid dienone is 1. The first-order valence-electron chi connectivity index (χ1n) is 10.3. The van der Waals surface area contributed by atoms with Crippen LogP contribution in [-0.2, 0) is 6.61 Å². The van der Waals surface area contributed by atoms with Crippen molar-refractivity contribution < 1.29 is 14.3 Å². The van der Waals surface area contributed by atoms with Crippen molar-refractivity contribution in [3.63, 3.8) is 0 Å². The molecule has 0 fully saturated rings. The summed E-state index contributed by atoms with van der Waals surface area (Å²) in [5.41, 5.74) is 3.77.